The molecule has 0 radical (unpaired) electrons. The summed E-state index contributed by atoms with van der Waals surface area (Å²) < 4.78 is 0. The van der Waals surface area contributed by atoms with E-state index in [2.05, 4.69) is 95.7 Å². The minimum Gasteiger partial charge on any atom is -0.508 e. The molecule has 4 bridgehead atoms. The molecule has 56 heteroatoms. The van der Waals surface area contributed by atoms with Crippen molar-refractivity contribution in [2.75, 3.05) is 62.3 Å². The zero-order valence-corrected chi connectivity index (χ0v) is 83.6. The van der Waals surface area contributed by atoms with Crippen molar-refractivity contribution in [3.63, 3.8) is 0 Å². The van der Waals surface area contributed by atoms with Gasteiger partial charge in [0.2, 0.25) is 130 Å². The lowest BCUT2D eigenvalue weighted by atomic mass is 10.0. The van der Waals surface area contributed by atoms with E-state index in [0.29, 0.717) is 11.1 Å². The Labute approximate surface area is 864 Å². The number of hydrogen-bond acceptors (Lipinski definition) is 30. The number of nitrogens with two attached hydrogens (primary N) is 6. The van der Waals surface area contributed by atoms with Gasteiger partial charge in [-0.2, -0.15) is 0 Å². The summed E-state index contributed by atoms with van der Waals surface area (Å²) in [5, 5.41) is 82.1. The predicted octanol–water partition coefficient (Wildman–Crippen LogP) is -9.02. The third-order valence-corrected chi connectivity index (χ3v) is 28.8. The molecule has 0 spiro atoms. The Hall–Kier alpha value is -15.2. The van der Waals surface area contributed by atoms with Crippen molar-refractivity contribution in [3.05, 3.63) is 131 Å². The van der Waals surface area contributed by atoms with Crippen LogP contribution in [0.4, 0.5) is 0 Å². The van der Waals surface area contributed by atoms with Gasteiger partial charge in [0.1, 0.15) is 108 Å². The Morgan fingerprint density at radius 3 is 0.912 bits per heavy atom. The highest BCUT2D eigenvalue weighted by atomic mass is 33.1. The molecule has 5 saturated heterocycles. The Bertz CT molecular complexity index is 5170. The molecule has 0 saturated carbocycles. The lowest BCUT2D eigenvalue weighted by Crippen LogP contribution is -2.61. The molecule has 52 nitrogen and oxygen atoms in total. The second kappa shape index (κ2) is 58.2. The standard InChI is InChI=1S/C92H124N28O24S4/c93-69(123)29-27-55-77(131)115-61(39-71(95)125)83(137)117-65-45-147-145-43-63(85(139)113-59(37-49-19-23-51(121)24-20-49)81(135)111-57(79(133)107-55)35-47-11-3-1-4-12-47)105-73(127)41-103-75(129)53(15-7-31-101-91(97)98)109-88(142)68-18-10-34-120(68)90(144)66-46-148-146-44-64(106-74(128)42-104-76(130)54(16-8-32-102-92(99)100)110-87(141)67-17-9-33-119(67)89(65)143)86(140)114-60(38-50-21-25-52(122)26-22-50)82(136)112-58(36-48-13-5-2-6-14-48)80(134)108-56(28-30-70(94)124)78(132)116-62(40-72(96)126)84(138)118-66/h1-6,11-14,19-26,53-68,121-122H,7-10,15-18,27-46H2,(H2,93,123)(H2,94,124)(H2,95,125)(H2,96,126)(H,103,129)(H,104,130)(H,105,127)(H,106,128)(H,107,133)(H,108,134)(H,109,142)(H,110,141)(H,111,135)(H,112,136)(H,113,139)(H,114,140)(H,115,131)(H,116,132)(H,117,137)(H,118,138)(H4,97,98,101)(H4,99,100,102)/t53-,54-,55-,56-,57-,58-,59-,60-,61-,62-,63-,64-,65-,66-,67-,68-/m0/s1. The molecule has 0 aromatic heterocycles. The average molecular weight is 2130 g/mol. The molecule has 4 aromatic carbocycles. The summed E-state index contributed by atoms with van der Waals surface area (Å²) in [6.07, 6.45) is -6.90. The summed E-state index contributed by atoms with van der Waals surface area (Å²) in [5.74, 6) is -28.4. The van der Waals surface area contributed by atoms with E-state index in [0.717, 1.165) is 53.0 Å². The topological polar surface area (TPSA) is 843 Å². The number of phenols is 2. The maximum atomic E-state index is 15.7. The molecule has 5 heterocycles. The number of nitrogens with one attached hydrogen (secondary N) is 20. The smallest absolute Gasteiger partial charge is 0.246 e. The zero-order chi connectivity index (χ0) is 108. The number of aromatic hydroxyl groups is 2. The second-order valence-electron chi connectivity index (χ2n) is 35.4. The Morgan fingerprint density at radius 2 is 0.595 bits per heavy atom. The van der Waals surface area contributed by atoms with Crippen LogP contribution in [0.3, 0.4) is 0 Å². The number of carbonyl (C=O) groups is 22. The number of hydrogen-bond donors (Lipinski definition) is 28. The highest BCUT2D eigenvalue weighted by Gasteiger charge is 2.45. The van der Waals surface area contributed by atoms with Crippen molar-refractivity contribution in [1.82, 2.24) is 106 Å². The van der Waals surface area contributed by atoms with Gasteiger partial charge in [0, 0.05) is 87.7 Å². The molecular formula is C92H124N28O24S4. The minimum atomic E-state index is -2.03. The summed E-state index contributed by atoms with van der Waals surface area (Å²) in [6.45, 7) is -2.76. The molecular weight excluding hydrogens is 2010 g/mol. The van der Waals surface area contributed by atoms with Crippen molar-refractivity contribution in [2.24, 2.45) is 34.4 Å². The fraction of sp³-hybridized carbons (Fsp3) is 0.478. The first-order valence-corrected chi connectivity index (χ1v) is 52.3. The van der Waals surface area contributed by atoms with E-state index in [9.17, 15) is 67.7 Å². The number of rotatable bonds is 26. The quantitative estimate of drug-likeness (QED) is 0.0120. The van der Waals surface area contributed by atoms with Gasteiger partial charge in [-0.15, -0.1) is 0 Å². The summed E-state index contributed by atoms with van der Waals surface area (Å²) in [7, 11) is 2.99. The second-order valence-corrected chi connectivity index (χ2v) is 40.5. The van der Waals surface area contributed by atoms with Gasteiger partial charge in [-0.05, 0) is 111 Å². The Balaban J connectivity index is 1.17. The highest BCUT2D eigenvalue weighted by Crippen LogP contribution is 2.30. The van der Waals surface area contributed by atoms with Gasteiger partial charge in [-0.3, -0.25) is 116 Å². The third-order valence-electron chi connectivity index (χ3n) is 23.9. The fourth-order valence-corrected chi connectivity index (χ4v) is 21.0. The number of amides is 22. The van der Waals surface area contributed by atoms with Gasteiger partial charge in [0.25, 0.3) is 0 Å². The number of guanidine groups is 2. The van der Waals surface area contributed by atoms with Gasteiger partial charge >= 0.3 is 0 Å². The normalized spacial score (nSPS) is 25.1. The van der Waals surface area contributed by atoms with E-state index in [1.807, 2.05) is 0 Å². The molecule has 16 atom stereocenters. The molecule has 800 valence electrons. The number of fused-ring (bicyclic) bond motifs is 12. The molecule has 5 aliphatic heterocycles. The minimum absolute atomic E-state index is 0.0573. The van der Waals surface area contributed by atoms with E-state index in [1.54, 1.807) is 60.7 Å². The van der Waals surface area contributed by atoms with Crippen molar-refractivity contribution < 1.29 is 116 Å². The SMILES string of the molecule is N=C(N)NCCC[C@@H]1NC(=O)[C@@H]2CCCN2C(=O)[C@@H]2CSSC[C@H](NC(=O)CNC(=O)[C@H](CCCNC(=N)N)NC(=O)[C@@H]3CCCN3C(=O)[C@@H]3CSSC[C@H](NC(=O)CNC1=O)C(=O)N[C@@H](Cc1ccc(O)cc1)C(=O)N[C@@H](Cc1ccccc1)C(=O)N[C@@H](CCC(N)=O)C(=O)N[C@@H](CC(N)=O)C(=O)N3)C(=O)N[C@@H](Cc1ccc(O)cc1)C(=O)N[C@@H](Cc1ccccc1)C(=O)N[C@@H](CCC(N)=O)C(=O)N[C@@H](CC(N)=O)C(=O)N2. The number of primary amides is 4. The maximum Gasteiger partial charge on any atom is 0.246 e. The van der Waals surface area contributed by atoms with Gasteiger partial charge < -0.3 is 150 Å². The molecule has 22 amide bonds. The molecule has 148 heavy (non-hydrogen) atoms. The summed E-state index contributed by atoms with van der Waals surface area (Å²) in [6, 6.07) is -1.63. The summed E-state index contributed by atoms with van der Waals surface area (Å²) >= 11 is 0. The zero-order valence-electron chi connectivity index (χ0n) is 80.3. The Kier molecular flexibility index (Phi) is 45.7. The average Bonchev–Trinajstić information content (AvgIpc) is 1.64. The van der Waals surface area contributed by atoms with Crippen LogP contribution in [0.15, 0.2) is 109 Å². The van der Waals surface area contributed by atoms with Crippen molar-refractivity contribution in [3.8, 4) is 11.5 Å². The lowest BCUT2D eigenvalue weighted by molar-refractivity contribution is -0.142. The van der Waals surface area contributed by atoms with E-state index in [4.69, 9.17) is 45.2 Å². The van der Waals surface area contributed by atoms with Crippen LogP contribution in [0.5, 0.6) is 11.5 Å². The van der Waals surface area contributed by atoms with Crippen LogP contribution < -0.4 is 130 Å². The van der Waals surface area contributed by atoms with Gasteiger partial charge in [-0.1, -0.05) is 128 Å². The molecule has 4 aromatic rings. The van der Waals surface area contributed by atoms with E-state index >= 15 is 47.9 Å². The number of nitrogens with zero attached hydrogens (tertiary/aromatic N) is 2. The molecule has 34 N–H and O–H groups in total. The molecule has 9 rings (SSSR count). The number of phenolic OH excluding ortho intramolecular Hbond substituents is 2. The van der Waals surface area contributed by atoms with Crippen LogP contribution in [0.2, 0.25) is 0 Å². The number of benzene rings is 4. The van der Waals surface area contributed by atoms with Gasteiger partial charge in [-0.25, -0.2) is 0 Å². The first-order chi connectivity index (χ1) is 70.5. The molecule has 0 unspecified atom stereocenters. The summed E-state index contributed by atoms with van der Waals surface area (Å²) in [5.41, 5.74) is 35.3. The third kappa shape index (κ3) is 38.0. The lowest BCUT2D eigenvalue weighted by Gasteiger charge is -2.31. The van der Waals surface area contributed by atoms with Crippen LogP contribution in [0, 0.1) is 10.8 Å². The van der Waals surface area contributed by atoms with Crippen molar-refractivity contribution in [2.45, 2.75) is 212 Å². The predicted molar refractivity (Wildman–Crippen MR) is 539 cm³/mol. The van der Waals surface area contributed by atoms with Gasteiger partial charge in [0.05, 0.1) is 25.9 Å². The molecule has 5 fully saturated rings. The largest absolute Gasteiger partial charge is 0.508 e. The van der Waals surface area contributed by atoms with Crippen molar-refractivity contribution in [1.29, 1.82) is 10.8 Å². The van der Waals surface area contributed by atoms with E-state index < -0.39 is 326 Å². The fourth-order valence-electron chi connectivity index (χ4n) is 16.3. The highest BCUT2D eigenvalue weighted by molar-refractivity contribution is 8.77. The van der Waals surface area contributed by atoms with E-state index in [-0.39, 0.29) is 113 Å². The molecule has 0 aliphatic carbocycles. The Morgan fingerprint density at radius 1 is 0.318 bits per heavy atom. The first kappa shape index (κ1) is 116. The van der Waals surface area contributed by atoms with Crippen molar-refractivity contribution >= 4 is 185 Å². The first-order valence-electron chi connectivity index (χ1n) is 47.4. The van der Waals surface area contributed by atoms with Crippen LogP contribution in [-0.4, -0.2) is 321 Å². The van der Waals surface area contributed by atoms with Crippen LogP contribution in [0.25, 0.3) is 0 Å². The molecule has 5 aliphatic rings. The monoisotopic (exact) mass is 2130 g/mol. The van der Waals surface area contributed by atoms with Crippen LogP contribution in [-0.2, 0) is 131 Å². The van der Waals surface area contributed by atoms with E-state index in [1.165, 1.54) is 48.5 Å². The summed E-state index contributed by atoms with van der Waals surface area (Å²) in [4.78, 5) is 325. The maximum absolute atomic E-state index is 15.7. The van der Waals surface area contributed by atoms with Crippen LogP contribution >= 0.6 is 43.2 Å². The van der Waals surface area contributed by atoms with Gasteiger partial charge in [0.15, 0.2) is 11.9 Å². The van der Waals surface area contributed by atoms with Crippen LogP contribution in [0.1, 0.15) is 112 Å². The number of carbonyl (C=O) groups excluding carboxylic acids is 22.